The molecule has 14 heavy (non-hydrogen) atoms. The van der Waals surface area contributed by atoms with E-state index in [2.05, 4.69) is 0 Å². The van der Waals surface area contributed by atoms with E-state index in [9.17, 15) is 13.2 Å². The van der Waals surface area contributed by atoms with Crippen LogP contribution in [0.15, 0.2) is 24.3 Å². The normalized spacial score (nSPS) is 13.2. The average molecular weight is 246 g/mol. The van der Waals surface area contributed by atoms with Gasteiger partial charge >= 0.3 is 6.18 Å². The van der Waals surface area contributed by atoms with E-state index in [1.807, 2.05) is 0 Å². The summed E-state index contributed by atoms with van der Waals surface area (Å²) in [5.41, 5.74) is 4.93. The van der Waals surface area contributed by atoms with Gasteiger partial charge in [-0.2, -0.15) is 13.2 Å². The molecule has 1 aromatic rings. The number of halogens is 5. The van der Waals surface area contributed by atoms with Gasteiger partial charge in [-0.15, -0.1) is 12.4 Å². The molecule has 0 heterocycles. The molecular weight excluding hydrogens is 238 g/mol. The summed E-state index contributed by atoms with van der Waals surface area (Å²) in [6.07, 6.45) is -4.43. The van der Waals surface area contributed by atoms with Crippen LogP contribution in [0, 0.1) is 0 Å². The molecule has 0 aliphatic carbocycles. The van der Waals surface area contributed by atoms with Crippen molar-refractivity contribution in [2.24, 2.45) is 5.73 Å². The highest BCUT2D eigenvalue weighted by molar-refractivity contribution is 6.30. The van der Waals surface area contributed by atoms with Crippen molar-refractivity contribution in [3.8, 4) is 0 Å². The van der Waals surface area contributed by atoms with E-state index in [0.717, 1.165) is 0 Å². The quantitative estimate of drug-likeness (QED) is 0.808. The standard InChI is InChI=1S/C8H7ClF3N.ClH/c9-6-3-1-2-5(4-6)7(13)8(10,11)12;/h1-4,7H,13H2;1H. The fraction of sp³-hybridized carbons (Fsp3) is 0.250. The molecule has 0 radical (unpaired) electrons. The molecule has 2 N–H and O–H groups in total. The molecule has 0 bridgehead atoms. The average Bonchev–Trinajstić information content (AvgIpc) is 2.01. The predicted octanol–water partition coefficient (Wildman–Crippen LogP) is 3.32. The monoisotopic (exact) mass is 245 g/mol. The molecule has 6 heteroatoms. The largest absolute Gasteiger partial charge is 0.407 e. The Labute approximate surface area is 90.5 Å². The van der Waals surface area contributed by atoms with Gasteiger partial charge in [0, 0.05) is 5.02 Å². The fourth-order valence-electron chi connectivity index (χ4n) is 0.889. The second-order valence-corrected chi connectivity index (χ2v) is 3.01. The molecule has 0 amide bonds. The Balaban J connectivity index is 0.00000169. The Morgan fingerprint density at radius 2 is 1.86 bits per heavy atom. The summed E-state index contributed by atoms with van der Waals surface area (Å²) in [5, 5.41) is 0.247. The molecule has 0 aliphatic heterocycles. The van der Waals surface area contributed by atoms with Crippen LogP contribution in [-0.4, -0.2) is 6.18 Å². The second kappa shape index (κ2) is 4.87. The molecule has 0 fully saturated rings. The minimum Gasteiger partial charge on any atom is -0.316 e. The molecule has 1 rings (SSSR count). The number of benzene rings is 1. The summed E-state index contributed by atoms with van der Waals surface area (Å²) in [6.45, 7) is 0. The first kappa shape index (κ1) is 13.5. The Hall–Kier alpha value is -0.450. The third kappa shape index (κ3) is 3.36. The third-order valence-electron chi connectivity index (χ3n) is 1.56. The van der Waals surface area contributed by atoms with E-state index >= 15 is 0 Å². The first-order chi connectivity index (χ1) is 5.91. The van der Waals surface area contributed by atoms with E-state index in [1.165, 1.54) is 24.3 Å². The zero-order valence-corrected chi connectivity index (χ0v) is 8.46. The van der Waals surface area contributed by atoms with Crippen molar-refractivity contribution < 1.29 is 13.2 Å². The number of hydrogen-bond acceptors (Lipinski definition) is 1. The Morgan fingerprint density at radius 3 is 2.29 bits per heavy atom. The topological polar surface area (TPSA) is 26.0 Å². The van der Waals surface area contributed by atoms with Crippen LogP contribution in [0.2, 0.25) is 5.02 Å². The highest BCUT2D eigenvalue weighted by Crippen LogP contribution is 2.31. The van der Waals surface area contributed by atoms with Gasteiger partial charge in [0.2, 0.25) is 0 Å². The van der Waals surface area contributed by atoms with Crippen LogP contribution in [0.25, 0.3) is 0 Å². The molecule has 1 unspecified atom stereocenters. The summed E-state index contributed by atoms with van der Waals surface area (Å²) in [6, 6.07) is 3.47. The molecule has 1 nitrogen and oxygen atoms in total. The first-order valence-electron chi connectivity index (χ1n) is 3.49. The Bertz CT molecular complexity index is 301. The molecule has 1 atom stereocenters. The van der Waals surface area contributed by atoms with Gasteiger partial charge in [-0.3, -0.25) is 0 Å². The van der Waals surface area contributed by atoms with E-state index in [0.29, 0.717) is 0 Å². The van der Waals surface area contributed by atoms with Crippen LogP contribution >= 0.6 is 24.0 Å². The SMILES string of the molecule is Cl.NC(c1cccc(Cl)c1)C(F)(F)F. The van der Waals surface area contributed by atoms with Gasteiger partial charge in [-0.1, -0.05) is 23.7 Å². The summed E-state index contributed by atoms with van der Waals surface area (Å²) in [7, 11) is 0. The lowest BCUT2D eigenvalue weighted by Gasteiger charge is -2.15. The van der Waals surface area contributed by atoms with Crippen molar-refractivity contribution in [2.75, 3.05) is 0 Å². The predicted molar refractivity (Wildman–Crippen MR) is 51.7 cm³/mol. The fourth-order valence-corrected chi connectivity index (χ4v) is 1.09. The van der Waals surface area contributed by atoms with Crippen molar-refractivity contribution >= 4 is 24.0 Å². The van der Waals surface area contributed by atoms with E-state index in [4.69, 9.17) is 17.3 Å². The van der Waals surface area contributed by atoms with Gasteiger partial charge in [0.1, 0.15) is 6.04 Å². The molecular formula is C8H8Cl2F3N. The maximum atomic E-state index is 12.1. The van der Waals surface area contributed by atoms with Gasteiger partial charge in [0.25, 0.3) is 0 Å². The van der Waals surface area contributed by atoms with Crippen LogP contribution < -0.4 is 5.73 Å². The number of nitrogens with two attached hydrogens (primary N) is 1. The number of rotatable bonds is 1. The minimum atomic E-state index is -4.43. The van der Waals surface area contributed by atoms with E-state index < -0.39 is 12.2 Å². The van der Waals surface area contributed by atoms with Gasteiger partial charge in [-0.25, -0.2) is 0 Å². The summed E-state index contributed by atoms with van der Waals surface area (Å²) < 4.78 is 36.3. The van der Waals surface area contributed by atoms with Gasteiger partial charge in [0.05, 0.1) is 0 Å². The maximum Gasteiger partial charge on any atom is 0.407 e. The Morgan fingerprint density at radius 1 is 1.29 bits per heavy atom. The van der Waals surface area contributed by atoms with Crippen molar-refractivity contribution in [1.82, 2.24) is 0 Å². The molecule has 0 spiro atoms. The van der Waals surface area contributed by atoms with Crippen LogP contribution in [0.5, 0.6) is 0 Å². The summed E-state index contributed by atoms with van der Waals surface area (Å²) in [5.74, 6) is 0. The highest BCUT2D eigenvalue weighted by atomic mass is 35.5. The second-order valence-electron chi connectivity index (χ2n) is 2.57. The third-order valence-corrected chi connectivity index (χ3v) is 1.80. The van der Waals surface area contributed by atoms with Gasteiger partial charge in [-0.05, 0) is 17.7 Å². The zero-order valence-electron chi connectivity index (χ0n) is 6.88. The van der Waals surface area contributed by atoms with Crippen molar-refractivity contribution in [1.29, 1.82) is 0 Å². The van der Waals surface area contributed by atoms with Crippen molar-refractivity contribution in [2.45, 2.75) is 12.2 Å². The molecule has 0 saturated heterocycles. The lowest BCUT2D eigenvalue weighted by Crippen LogP contribution is -2.28. The number of hydrogen-bond donors (Lipinski definition) is 1. The molecule has 0 aromatic heterocycles. The van der Waals surface area contributed by atoms with Crippen LogP contribution in [0.1, 0.15) is 11.6 Å². The van der Waals surface area contributed by atoms with Crippen molar-refractivity contribution in [3.63, 3.8) is 0 Å². The first-order valence-corrected chi connectivity index (χ1v) is 3.87. The zero-order chi connectivity index (χ0) is 10.1. The highest BCUT2D eigenvalue weighted by Gasteiger charge is 2.37. The van der Waals surface area contributed by atoms with Gasteiger partial charge < -0.3 is 5.73 Å². The van der Waals surface area contributed by atoms with Crippen LogP contribution in [0.4, 0.5) is 13.2 Å². The molecule has 1 aromatic carbocycles. The smallest absolute Gasteiger partial charge is 0.316 e. The summed E-state index contributed by atoms with van der Waals surface area (Å²) >= 11 is 5.52. The molecule has 0 saturated carbocycles. The van der Waals surface area contributed by atoms with E-state index in [1.54, 1.807) is 0 Å². The summed E-state index contributed by atoms with van der Waals surface area (Å²) in [4.78, 5) is 0. The number of alkyl halides is 3. The van der Waals surface area contributed by atoms with Crippen molar-refractivity contribution in [3.05, 3.63) is 34.9 Å². The lowest BCUT2D eigenvalue weighted by molar-refractivity contribution is -0.149. The van der Waals surface area contributed by atoms with Crippen LogP contribution in [-0.2, 0) is 0 Å². The molecule has 0 aliphatic rings. The molecule has 80 valence electrons. The maximum absolute atomic E-state index is 12.1. The van der Waals surface area contributed by atoms with E-state index in [-0.39, 0.29) is 23.0 Å². The lowest BCUT2D eigenvalue weighted by atomic mass is 10.1. The van der Waals surface area contributed by atoms with Crippen LogP contribution in [0.3, 0.4) is 0 Å². The van der Waals surface area contributed by atoms with Gasteiger partial charge in [0.15, 0.2) is 0 Å². The Kier molecular flexibility index (Phi) is 4.71. The minimum absolute atomic E-state index is 0.